The molecule has 1 aliphatic heterocycles. The Labute approximate surface area is 119 Å². The van der Waals surface area contributed by atoms with Crippen LogP contribution in [-0.4, -0.2) is 35.4 Å². The van der Waals surface area contributed by atoms with Crippen molar-refractivity contribution >= 4 is 17.5 Å². The van der Waals surface area contributed by atoms with Crippen molar-refractivity contribution < 1.29 is 4.79 Å². The lowest BCUT2D eigenvalue weighted by Gasteiger charge is -2.31. The molecule has 2 heterocycles. The minimum Gasteiger partial charge on any atom is -0.356 e. The Kier molecular flexibility index (Phi) is 5.16. The van der Waals surface area contributed by atoms with E-state index in [0.717, 1.165) is 49.7 Å². The lowest BCUT2D eigenvalue weighted by Crippen LogP contribution is -2.37. The van der Waals surface area contributed by atoms with E-state index in [1.54, 1.807) is 19.2 Å². The number of nitrogens with zero attached hydrogens (tertiary/aromatic N) is 2. The Morgan fingerprint density at radius 2 is 2.26 bits per heavy atom. The third kappa shape index (κ3) is 4.80. The largest absolute Gasteiger partial charge is 0.356 e. The predicted octanol–water partition coefficient (Wildman–Crippen LogP) is 2.08. The van der Waals surface area contributed by atoms with E-state index < -0.39 is 0 Å². The van der Waals surface area contributed by atoms with Gasteiger partial charge in [-0.15, -0.1) is 0 Å². The van der Waals surface area contributed by atoms with Crippen LogP contribution in [0.4, 0.5) is 0 Å². The summed E-state index contributed by atoms with van der Waals surface area (Å²) < 4.78 is 0. The number of hydrogen-bond donors (Lipinski definition) is 1. The maximum absolute atomic E-state index is 10.9. The highest BCUT2D eigenvalue weighted by atomic mass is 35.5. The molecule has 0 spiro atoms. The zero-order valence-corrected chi connectivity index (χ0v) is 12.0. The highest BCUT2D eigenvalue weighted by molar-refractivity contribution is 6.30. The van der Waals surface area contributed by atoms with E-state index in [1.165, 1.54) is 0 Å². The third-order valence-corrected chi connectivity index (χ3v) is 3.75. The number of nitrogens with one attached hydrogen (secondary N) is 1. The zero-order valence-electron chi connectivity index (χ0n) is 11.2. The van der Waals surface area contributed by atoms with Gasteiger partial charge >= 0.3 is 0 Å². The summed E-state index contributed by atoms with van der Waals surface area (Å²) in [5.74, 6) is 0.665. The Balaban J connectivity index is 1.75. The summed E-state index contributed by atoms with van der Waals surface area (Å²) in [5.41, 5.74) is 1.02. The van der Waals surface area contributed by atoms with Crippen molar-refractivity contribution in [1.82, 2.24) is 15.2 Å². The van der Waals surface area contributed by atoms with Crippen molar-refractivity contribution in [2.75, 3.05) is 19.6 Å². The smallest absolute Gasteiger partial charge is 0.216 e. The molecule has 2 rings (SSSR count). The number of pyridine rings is 1. The number of amides is 1. The van der Waals surface area contributed by atoms with Crippen LogP contribution >= 0.6 is 11.6 Å². The predicted molar refractivity (Wildman–Crippen MR) is 75.9 cm³/mol. The first kappa shape index (κ1) is 14.3. The van der Waals surface area contributed by atoms with Crippen molar-refractivity contribution in [3.05, 3.63) is 29.0 Å². The molecule has 0 saturated carbocycles. The summed E-state index contributed by atoms with van der Waals surface area (Å²) in [5, 5.41) is 3.64. The molecule has 1 aromatic heterocycles. The van der Waals surface area contributed by atoms with Crippen LogP contribution < -0.4 is 5.32 Å². The van der Waals surface area contributed by atoms with E-state index in [2.05, 4.69) is 15.2 Å². The van der Waals surface area contributed by atoms with Gasteiger partial charge in [0.1, 0.15) is 0 Å². The van der Waals surface area contributed by atoms with Crippen molar-refractivity contribution in [3.8, 4) is 0 Å². The van der Waals surface area contributed by atoms with Gasteiger partial charge in [-0.3, -0.25) is 14.7 Å². The molecule has 1 fully saturated rings. The average molecular weight is 282 g/mol. The maximum Gasteiger partial charge on any atom is 0.216 e. The van der Waals surface area contributed by atoms with Crippen LogP contribution in [0.25, 0.3) is 0 Å². The Bertz CT molecular complexity index is 430. The van der Waals surface area contributed by atoms with E-state index in [0.29, 0.717) is 5.92 Å². The summed E-state index contributed by atoms with van der Waals surface area (Å²) in [6, 6.07) is 3.72. The minimum absolute atomic E-state index is 0.0607. The fourth-order valence-corrected chi connectivity index (χ4v) is 2.58. The van der Waals surface area contributed by atoms with Crippen LogP contribution in [0.2, 0.25) is 5.02 Å². The SMILES string of the molecule is CC(=O)NCC1CCN(Cc2cc(Cl)ccn2)CC1. The molecule has 0 radical (unpaired) electrons. The Morgan fingerprint density at radius 1 is 1.53 bits per heavy atom. The molecule has 19 heavy (non-hydrogen) atoms. The van der Waals surface area contributed by atoms with Crippen LogP contribution in [-0.2, 0) is 11.3 Å². The molecular weight excluding hydrogens is 262 g/mol. The molecule has 0 aromatic carbocycles. The summed E-state index contributed by atoms with van der Waals surface area (Å²) in [4.78, 5) is 17.6. The second-order valence-electron chi connectivity index (χ2n) is 5.12. The molecule has 1 N–H and O–H groups in total. The van der Waals surface area contributed by atoms with Gasteiger partial charge in [0.2, 0.25) is 5.91 Å². The normalized spacial score (nSPS) is 17.4. The minimum atomic E-state index is 0.0607. The van der Waals surface area contributed by atoms with Gasteiger partial charge in [0.05, 0.1) is 5.69 Å². The van der Waals surface area contributed by atoms with Gasteiger partial charge in [-0.25, -0.2) is 0 Å². The standard InChI is InChI=1S/C14H20ClN3O/c1-11(19)17-9-12-3-6-18(7-4-12)10-14-8-13(15)2-5-16-14/h2,5,8,12H,3-4,6-7,9-10H2,1H3,(H,17,19). The molecule has 1 amide bonds. The number of rotatable bonds is 4. The molecule has 5 heteroatoms. The average Bonchev–Trinajstić information content (AvgIpc) is 2.38. The highest BCUT2D eigenvalue weighted by Gasteiger charge is 2.19. The fourth-order valence-electron chi connectivity index (χ4n) is 2.40. The number of piperidine rings is 1. The summed E-state index contributed by atoms with van der Waals surface area (Å²) >= 11 is 5.96. The van der Waals surface area contributed by atoms with E-state index in [1.807, 2.05) is 6.07 Å². The molecule has 1 saturated heterocycles. The van der Waals surface area contributed by atoms with Crippen LogP contribution in [0.3, 0.4) is 0 Å². The lowest BCUT2D eigenvalue weighted by molar-refractivity contribution is -0.119. The van der Waals surface area contributed by atoms with Gasteiger partial charge in [0, 0.05) is 31.2 Å². The number of halogens is 1. The molecule has 0 aliphatic carbocycles. The van der Waals surface area contributed by atoms with Gasteiger partial charge in [-0.2, -0.15) is 0 Å². The Morgan fingerprint density at radius 3 is 2.89 bits per heavy atom. The lowest BCUT2D eigenvalue weighted by atomic mass is 9.96. The molecule has 0 atom stereocenters. The first-order valence-electron chi connectivity index (χ1n) is 6.70. The second-order valence-corrected chi connectivity index (χ2v) is 5.56. The number of carbonyl (C=O) groups excluding carboxylic acids is 1. The number of carbonyl (C=O) groups is 1. The van der Waals surface area contributed by atoms with Gasteiger partial charge < -0.3 is 5.32 Å². The second kappa shape index (κ2) is 6.87. The fraction of sp³-hybridized carbons (Fsp3) is 0.571. The van der Waals surface area contributed by atoms with Gasteiger partial charge in [-0.05, 0) is 44.0 Å². The molecule has 1 aliphatic rings. The van der Waals surface area contributed by atoms with Crippen LogP contribution in [0.1, 0.15) is 25.5 Å². The molecule has 0 bridgehead atoms. The van der Waals surface area contributed by atoms with E-state index in [9.17, 15) is 4.79 Å². The van der Waals surface area contributed by atoms with Crippen LogP contribution in [0, 0.1) is 5.92 Å². The first-order chi connectivity index (χ1) is 9.13. The molecule has 104 valence electrons. The van der Waals surface area contributed by atoms with Gasteiger partial charge in [0.15, 0.2) is 0 Å². The molecule has 0 unspecified atom stereocenters. The number of likely N-dealkylation sites (tertiary alicyclic amines) is 1. The van der Waals surface area contributed by atoms with E-state index >= 15 is 0 Å². The highest BCUT2D eigenvalue weighted by Crippen LogP contribution is 2.18. The Hall–Kier alpha value is -1.13. The maximum atomic E-state index is 10.9. The molecule has 1 aromatic rings. The summed E-state index contributed by atoms with van der Waals surface area (Å²) in [6.07, 6.45) is 4.00. The number of aromatic nitrogens is 1. The van der Waals surface area contributed by atoms with Crippen LogP contribution in [0.5, 0.6) is 0 Å². The van der Waals surface area contributed by atoms with Crippen molar-refractivity contribution in [2.45, 2.75) is 26.3 Å². The van der Waals surface area contributed by atoms with Crippen molar-refractivity contribution in [1.29, 1.82) is 0 Å². The third-order valence-electron chi connectivity index (χ3n) is 3.51. The van der Waals surface area contributed by atoms with Gasteiger partial charge in [0.25, 0.3) is 0 Å². The van der Waals surface area contributed by atoms with Crippen molar-refractivity contribution in [3.63, 3.8) is 0 Å². The van der Waals surface area contributed by atoms with Crippen LogP contribution in [0.15, 0.2) is 18.3 Å². The van der Waals surface area contributed by atoms with E-state index in [4.69, 9.17) is 11.6 Å². The summed E-state index contributed by atoms with van der Waals surface area (Å²) in [7, 11) is 0. The van der Waals surface area contributed by atoms with E-state index in [-0.39, 0.29) is 5.91 Å². The first-order valence-corrected chi connectivity index (χ1v) is 7.08. The summed E-state index contributed by atoms with van der Waals surface area (Å²) in [6.45, 7) is 5.34. The monoisotopic (exact) mass is 281 g/mol. The topological polar surface area (TPSA) is 45.2 Å². The van der Waals surface area contributed by atoms with Gasteiger partial charge in [-0.1, -0.05) is 11.6 Å². The number of hydrogen-bond acceptors (Lipinski definition) is 3. The molecule has 4 nitrogen and oxygen atoms in total. The quantitative estimate of drug-likeness (QED) is 0.919. The van der Waals surface area contributed by atoms with Crippen molar-refractivity contribution in [2.24, 2.45) is 5.92 Å². The molecular formula is C14H20ClN3O. The zero-order chi connectivity index (χ0) is 13.7.